The Bertz CT molecular complexity index is 8.00. The smallest absolute Gasteiger partial charge is 0 e. The maximum atomic E-state index is 0. The second-order valence-electron chi connectivity index (χ2n) is 0. The van der Waals surface area contributed by atoms with Crippen molar-refractivity contribution < 1.29 is 47.9 Å². The summed E-state index contributed by atoms with van der Waals surface area (Å²) in [5.74, 6) is 0. The molecule has 0 aliphatic heterocycles. The van der Waals surface area contributed by atoms with Crippen LogP contribution in [-0.4, -0.2) is 25.8 Å². The van der Waals surface area contributed by atoms with Gasteiger partial charge in [-0.1, -0.05) is 0 Å². The first kappa shape index (κ1) is 34.7. The zero-order valence-corrected chi connectivity index (χ0v) is 5.02. The summed E-state index contributed by atoms with van der Waals surface area (Å²) in [6, 6.07) is 0. The molecule has 4 heavy (non-hydrogen) atoms. The van der Waals surface area contributed by atoms with E-state index in [9.17, 15) is 0 Å². The summed E-state index contributed by atoms with van der Waals surface area (Å²) in [6.07, 6.45) is 0. The molecule has 0 aromatic rings. The summed E-state index contributed by atoms with van der Waals surface area (Å²) in [5.41, 5.74) is 0. The third kappa shape index (κ3) is 8.89. The standard InChI is InChI=1S/Al.BH3.Ti.Zr.3H/h;1H3;;;;;. The molecule has 0 aromatic carbocycles. The third-order valence-corrected chi connectivity index (χ3v) is 0. The molecule has 0 aromatic heterocycles. The summed E-state index contributed by atoms with van der Waals surface area (Å²) in [6.45, 7) is 0. The summed E-state index contributed by atoms with van der Waals surface area (Å²) in [4.78, 5) is 0. The fourth-order valence-electron chi connectivity index (χ4n) is 0. The molecular weight excluding hydrogens is 177 g/mol. The second-order valence-corrected chi connectivity index (χ2v) is 0. The van der Waals surface area contributed by atoms with E-state index in [0.717, 1.165) is 0 Å². The fraction of sp³-hybridized carbons (Fsp3) is 0. The second kappa shape index (κ2) is 19.0. The summed E-state index contributed by atoms with van der Waals surface area (Å²) in [5, 5.41) is 0. The Balaban J connectivity index is 0. The van der Waals surface area contributed by atoms with Crippen molar-refractivity contribution in [2.45, 2.75) is 0 Å². The van der Waals surface area contributed by atoms with Gasteiger partial charge in [0.1, 0.15) is 0 Å². The largest absolute Gasteiger partial charge is 0.187 e. The minimum absolute atomic E-state index is 0. The first-order valence-electron chi connectivity index (χ1n) is 0. The average molecular weight is 183 g/mol. The molecule has 0 amide bonds. The predicted molar refractivity (Wildman–Crippen MR) is 19.9 cm³/mol. The van der Waals surface area contributed by atoms with Crippen LogP contribution in [0.25, 0.3) is 0 Å². The number of rotatable bonds is 0. The van der Waals surface area contributed by atoms with Crippen LogP contribution in [0.5, 0.6) is 0 Å². The average Bonchev–Trinajstić information content (AvgIpc) is 0. The van der Waals surface area contributed by atoms with Gasteiger partial charge in [-0.25, -0.2) is 0 Å². The van der Waals surface area contributed by atoms with Crippen molar-refractivity contribution in [2.24, 2.45) is 0 Å². The van der Waals surface area contributed by atoms with Crippen molar-refractivity contribution in [3.8, 4) is 0 Å². The molecular formula is H6AlBTiZr. The molecule has 0 aliphatic carbocycles. The van der Waals surface area contributed by atoms with Gasteiger partial charge >= 0.3 is 0 Å². The molecule has 0 N–H and O–H groups in total. The Morgan fingerprint density at radius 1 is 1.00 bits per heavy atom. The van der Waals surface area contributed by atoms with Crippen molar-refractivity contribution >= 4 is 25.8 Å². The van der Waals surface area contributed by atoms with Crippen molar-refractivity contribution in [1.82, 2.24) is 0 Å². The minimum atomic E-state index is 0. The summed E-state index contributed by atoms with van der Waals surface area (Å²) in [7, 11) is 0. The minimum Gasteiger partial charge on any atom is 0 e. The number of hydrogen-bond donors (Lipinski definition) is 0. The van der Waals surface area contributed by atoms with Gasteiger partial charge in [-0.05, 0) is 0 Å². The van der Waals surface area contributed by atoms with E-state index < -0.39 is 0 Å². The molecule has 0 saturated carbocycles. The molecule has 20 valence electrons. The van der Waals surface area contributed by atoms with E-state index in [1.807, 2.05) is 0 Å². The van der Waals surface area contributed by atoms with E-state index in [1.54, 1.807) is 0 Å². The van der Waals surface area contributed by atoms with Gasteiger partial charge < -0.3 is 0 Å². The van der Waals surface area contributed by atoms with Gasteiger partial charge in [0.15, 0.2) is 17.4 Å². The normalized spacial score (nSPS) is 0. The van der Waals surface area contributed by atoms with E-state index >= 15 is 0 Å². The molecule has 0 bridgehead atoms. The Labute approximate surface area is 72.8 Å². The van der Waals surface area contributed by atoms with Gasteiger partial charge in [-0.2, -0.15) is 0 Å². The van der Waals surface area contributed by atoms with E-state index in [0.29, 0.717) is 0 Å². The van der Waals surface area contributed by atoms with Crippen LogP contribution in [-0.2, 0) is 47.9 Å². The summed E-state index contributed by atoms with van der Waals surface area (Å²) >= 11 is 0. The zero-order valence-electron chi connectivity index (χ0n) is 1.00. The first-order valence-corrected chi connectivity index (χ1v) is 0. The van der Waals surface area contributed by atoms with Crippen LogP contribution in [0.1, 0.15) is 0 Å². The molecule has 0 atom stereocenters. The monoisotopic (exact) mass is 182 g/mol. The van der Waals surface area contributed by atoms with Crippen molar-refractivity contribution in [3.05, 3.63) is 0 Å². The topological polar surface area (TPSA) is 0 Å². The predicted octanol–water partition coefficient (Wildman–Crippen LogP) is -2.37. The van der Waals surface area contributed by atoms with Crippen LogP contribution in [0.3, 0.4) is 0 Å². The molecule has 0 nitrogen and oxygen atoms in total. The molecule has 0 saturated heterocycles. The molecule has 0 aliphatic rings. The van der Waals surface area contributed by atoms with Gasteiger partial charge in [-0.3, -0.25) is 0 Å². The van der Waals surface area contributed by atoms with E-state index in [2.05, 4.69) is 0 Å². The van der Waals surface area contributed by atoms with Gasteiger partial charge in [0.25, 0.3) is 0 Å². The van der Waals surface area contributed by atoms with Gasteiger partial charge in [0.2, 0.25) is 0 Å². The molecule has 0 fully saturated rings. The Morgan fingerprint density at radius 2 is 1.00 bits per heavy atom. The van der Waals surface area contributed by atoms with E-state index in [-0.39, 0.29) is 73.7 Å². The maximum Gasteiger partial charge on any atom is 0.187 e. The summed E-state index contributed by atoms with van der Waals surface area (Å²) < 4.78 is 0. The Hall–Kier alpha value is 2.19. The first-order chi connectivity index (χ1) is 0. The quantitative estimate of drug-likeness (QED) is 0.368. The molecule has 0 spiro atoms. The third-order valence-electron chi connectivity index (χ3n) is 0. The van der Waals surface area contributed by atoms with E-state index in [1.165, 1.54) is 0 Å². The SMILES string of the molecule is B.[AlH3].[Ti].[Zr]. The van der Waals surface area contributed by atoms with Crippen LogP contribution in [0.4, 0.5) is 0 Å². The van der Waals surface area contributed by atoms with Crippen molar-refractivity contribution in [3.63, 3.8) is 0 Å². The zero-order chi connectivity index (χ0) is 0. The maximum absolute atomic E-state index is 0. The van der Waals surface area contributed by atoms with Crippen molar-refractivity contribution in [2.75, 3.05) is 0 Å². The Morgan fingerprint density at radius 3 is 1.00 bits per heavy atom. The molecule has 0 rings (SSSR count). The molecule has 0 unspecified atom stereocenters. The van der Waals surface area contributed by atoms with Crippen LogP contribution in [0, 0.1) is 0 Å². The van der Waals surface area contributed by atoms with Crippen molar-refractivity contribution in [1.29, 1.82) is 0 Å². The van der Waals surface area contributed by atoms with Crippen LogP contribution in [0.15, 0.2) is 0 Å². The fourth-order valence-corrected chi connectivity index (χ4v) is 0. The van der Waals surface area contributed by atoms with Gasteiger partial charge in [0.05, 0.1) is 8.41 Å². The Kier molecular flexibility index (Phi) is 165. The van der Waals surface area contributed by atoms with Crippen LogP contribution >= 0.6 is 0 Å². The van der Waals surface area contributed by atoms with Crippen LogP contribution < -0.4 is 0 Å². The molecule has 0 heterocycles. The molecule has 0 radical (unpaired) electrons. The van der Waals surface area contributed by atoms with Gasteiger partial charge in [0, 0.05) is 47.9 Å². The van der Waals surface area contributed by atoms with Crippen LogP contribution in [0.2, 0.25) is 0 Å². The molecule has 4 heteroatoms. The van der Waals surface area contributed by atoms with E-state index in [4.69, 9.17) is 0 Å². The number of hydrogen-bond acceptors (Lipinski definition) is 0. The van der Waals surface area contributed by atoms with Gasteiger partial charge in [-0.15, -0.1) is 0 Å².